The van der Waals surface area contributed by atoms with Gasteiger partial charge in [0.1, 0.15) is 0 Å². The molecule has 0 spiro atoms. The minimum atomic E-state index is -0.526. The molecule has 0 bridgehead atoms. The highest BCUT2D eigenvalue weighted by molar-refractivity contribution is 5.27. The average Bonchev–Trinajstić information content (AvgIpc) is 2.62. The summed E-state index contributed by atoms with van der Waals surface area (Å²) in [5.41, 5.74) is 0.928. The molecule has 1 aromatic carbocycles. The molecule has 2 nitrogen and oxygen atoms in total. The topological polar surface area (TPSA) is 23.5 Å². The molecule has 1 aliphatic rings. The first kappa shape index (κ1) is 13.3. The first-order valence-electron chi connectivity index (χ1n) is 6.84. The Morgan fingerprint density at radius 1 is 1.22 bits per heavy atom. The van der Waals surface area contributed by atoms with Crippen molar-refractivity contribution in [3.63, 3.8) is 0 Å². The Balaban J connectivity index is 1.96. The summed E-state index contributed by atoms with van der Waals surface area (Å²) in [5, 5.41) is 9.18. The van der Waals surface area contributed by atoms with Crippen molar-refractivity contribution in [1.29, 1.82) is 0 Å². The molecule has 1 N–H and O–H groups in total. The molecule has 100 valence electrons. The fraction of sp³-hybridized carbons (Fsp3) is 0.600. The van der Waals surface area contributed by atoms with E-state index in [0.29, 0.717) is 6.04 Å². The van der Waals surface area contributed by atoms with E-state index in [4.69, 9.17) is 0 Å². The summed E-state index contributed by atoms with van der Waals surface area (Å²) in [6.45, 7) is 0.752. The zero-order valence-corrected chi connectivity index (χ0v) is 11.0. The number of hydrogen-bond acceptors (Lipinski definition) is 2. The zero-order chi connectivity index (χ0) is 13.0. The monoisotopic (exact) mass is 251 g/mol. The molecule has 0 aliphatic heterocycles. The van der Waals surface area contributed by atoms with Gasteiger partial charge in [0.25, 0.3) is 0 Å². The van der Waals surface area contributed by atoms with Gasteiger partial charge in [-0.05, 0) is 37.6 Å². The predicted molar refractivity (Wildman–Crippen MR) is 71.0 cm³/mol. The Labute approximate surface area is 108 Å². The lowest BCUT2D eigenvalue weighted by molar-refractivity contribution is 0.213. The van der Waals surface area contributed by atoms with Crippen LogP contribution in [0.1, 0.15) is 44.1 Å². The van der Waals surface area contributed by atoms with Gasteiger partial charge >= 0.3 is 0 Å². The second-order valence-corrected chi connectivity index (χ2v) is 5.35. The summed E-state index contributed by atoms with van der Waals surface area (Å²) in [5.74, 6) is -0.794. The molecule has 1 saturated carbocycles. The molecule has 0 atom stereocenters. The van der Waals surface area contributed by atoms with Gasteiger partial charge < -0.3 is 5.11 Å². The van der Waals surface area contributed by atoms with Crippen LogP contribution in [0.2, 0.25) is 0 Å². The second-order valence-electron chi connectivity index (χ2n) is 5.35. The molecule has 0 radical (unpaired) electrons. The molecule has 0 aromatic heterocycles. The average molecular weight is 251 g/mol. The molecular weight excluding hydrogens is 229 g/mol. The third-order valence-electron chi connectivity index (χ3n) is 3.89. The molecule has 0 unspecified atom stereocenters. The van der Waals surface area contributed by atoms with Crippen LogP contribution in [0.15, 0.2) is 18.2 Å². The number of rotatable bonds is 3. The highest BCUT2D eigenvalue weighted by Crippen LogP contribution is 2.23. The molecular formula is C15H22FNO. The Hall–Kier alpha value is -1.09. The van der Waals surface area contributed by atoms with E-state index in [2.05, 4.69) is 11.9 Å². The number of halogens is 1. The molecule has 1 aliphatic carbocycles. The van der Waals surface area contributed by atoms with Crippen LogP contribution < -0.4 is 0 Å². The zero-order valence-electron chi connectivity index (χ0n) is 11.0. The first-order chi connectivity index (χ1) is 8.66. The normalized spacial score (nSPS) is 17.9. The Morgan fingerprint density at radius 3 is 2.50 bits per heavy atom. The quantitative estimate of drug-likeness (QED) is 0.828. The number of phenolic OH excluding ortho intramolecular Hbond substituents is 1. The van der Waals surface area contributed by atoms with E-state index in [1.165, 1.54) is 50.7 Å². The first-order valence-corrected chi connectivity index (χ1v) is 6.84. The van der Waals surface area contributed by atoms with E-state index in [1.807, 2.05) is 0 Å². The van der Waals surface area contributed by atoms with Crippen molar-refractivity contribution >= 4 is 0 Å². The van der Waals surface area contributed by atoms with Crippen LogP contribution in [0.5, 0.6) is 5.75 Å². The van der Waals surface area contributed by atoms with Crippen molar-refractivity contribution in [3.8, 4) is 5.75 Å². The number of aromatic hydroxyl groups is 1. The summed E-state index contributed by atoms with van der Waals surface area (Å²) in [4.78, 5) is 2.32. The lowest BCUT2D eigenvalue weighted by Crippen LogP contribution is -2.30. The van der Waals surface area contributed by atoms with Crippen LogP contribution in [-0.4, -0.2) is 23.1 Å². The fourth-order valence-electron chi connectivity index (χ4n) is 2.76. The van der Waals surface area contributed by atoms with Gasteiger partial charge in [0, 0.05) is 12.6 Å². The largest absolute Gasteiger partial charge is 0.505 e. The Bertz CT molecular complexity index is 386. The third-order valence-corrected chi connectivity index (χ3v) is 3.89. The van der Waals surface area contributed by atoms with E-state index in [9.17, 15) is 9.50 Å². The van der Waals surface area contributed by atoms with E-state index in [-0.39, 0.29) is 5.75 Å². The molecule has 2 rings (SSSR count). The van der Waals surface area contributed by atoms with Gasteiger partial charge in [-0.15, -0.1) is 0 Å². The van der Waals surface area contributed by atoms with Gasteiger partial charge in [0.05, 0.1) is 0 Å². The minimum Gasteiger partial charge on any atom is -0.505 e. The van der Waals surface area contributed by atoms with Crippen molar-refractivity contribution in [2.75, 3.05) is 7.05 Å². The van der Waals surface area contributed by atoms with Gasteiger partial charge in [0.15, 0.2) is 11.6 Å². The number of nitrogens with zero attached hydrogens (tertiary/aromatic N) is 1. The Kier molecular flexibility index (Phi) is 4.59. The lowest BCUT2D eigenvalue weighted by atomic mass is 10.1. The maximum absolute atomic E-state index is 13.3. The van der Waals surface area contributed by atoms with Gasteiger partial charge in [-0.1, -0.05) is 31.7 Å². The molecule has 0 saturated heterocycles. The van der Waals surface area contributed by atoms with Crippen LogP contribution in [0.3, 0.4) is 0 Å². The van der Waals surface area contributed by atoms with Crippen molar-refractivity contribution in [3.05, 3.63) is 29.6 Å². The highest BCUT2D eigenvalue weighted by atomic mass is 19.1. The summed E-state index contributed by atoms with van der Waals surface area (Å²) >= 11 is 0. The van der Waals surface area contributed by atoms with Crippen molar-refractivity contribution in [2.24, 2.45) is 0 Å². The standard InChI is InChI=1S/C15H22FNO/c1-17(13-6-4-2-3-5-7-13)11-12-8-9-15(18)14(16)10-12/h8-10,13,18H,2-7,11H2,1H3. The van der Waals surface area contributed by atoms with Gasteiger partial charge in [-0.2, -0.15) is 0 Å². The summed E-state index contributed by atoms with van der Waals surface area (Å²) in [6, 6.07) is 5.28. The van der Waals surface area contributed by atoms with Crippen LogP contribution in [0, 0.1) is 5.82 Å². The lowest BCUT2D eigenvalue weighted by Gasteiger charge is -2.27. The van der Waals surface area contributed by atoms with Crippen molar-refractivity contribution < 1.29 is 9.50 Å². The van der Waals surface area contributed by atoms with Gasteiger partial charge in [0.2, 0.25) is 0 Å². The van der Waals surface area contributed by atoms with Crippen LogP contribution >= 0.6 is 0 Å². The van der Waals surface area contributed by atoms with Crippen molar-refractivity contribution in [1.82, 2.24) is 4.90 Å². The molecule has 1 aromatic rings. The molecule has 0 heterocycles. The maximum Gasteiger partial charge on any atom is 0.165 e. The van der Waals surface area contributed by atoms with Gasteiger partial charge in [-0.25, -0.2) is 4.39 Å². The smallest absolute Gasteiger partial charge is 0.165 e. The third kappa shape index (κ3) is 3.45. The Morgan fingerprint density at radius 2 is 1.89 bits per heavy atom. The highest BCUT2D eigenvalue weighted by Gasteiger charge is 2.17. The van der Waals surface area contributed by atoms with E-state index >= 15 is 0 Å². The summed E-state index contributed by atoms with van der Waals surface area (Å²) in [6.07, 6.45) is 7.79. The number of hydrogen-bond donors (Lipinski definition) is 1. The minimum absolute atomic E-state index is 0.268. The van der Waals surface area contributed by atoms with E-state index in [0.717, 1.165) is 12.1 Å². The fourth-order valence-corrected chi connectivity index (χ4v) is 2.76. The molecule has 1 fully saturated rings. The summed E-state index contributed by atoms with van der Waals surface area (Å²) < 4.78 is 13.3. The van der Waals surface area contributed by atoms with Crippen LogP contribution in [-0.2, 0) is 6.54 Å². The summed E-state index contributed by atoms with van der Waals surface area (Å²) in [7, 11) is 2.11. The van der Waals surface area contributed by atoms with Crippen molar-refractivity contribution in [2.45, 2.75) is 51.1 Å². The molecule has 0 amide bonds. The molecule has 18 heavy (non-hydrogen) atoms. The van der Waals surface area contributed by atoms with E-state index < -0.39 is 5.82 Å². The SMILES string of the molecule is CN(Cc1ccc(O)c(F)c1)C1CCCCCC1. The van der Waals surface area contributed by atoms with Crippen LogP contribution in [0.25, 0.3) is 0 Å². The molecule has 3 heteroatoms. The van der Waals surface area contributed by atoms with Crippen LogP contribution in [0.4, 0.5) is 4.39 Å². The maximum atomic E-state index is 13.3. The predicted octanol–water partition coefficient (Wildman–Crippen LogP) is 3.69. The number of benzene rings is 1. The van der Waals surface area contributed by atoms with Gasteiger partial charge in [-0.3, -0.25) is 4.90 Å². The number of phenols is 1. The van der Waals surface area contributed by atoms with E-state index in [1.54, 1.807) is 6.07 Å². The second kappa shape index (κ2) is 6.19.